The van der Waals surface area contributed by atoms with E-state index < -0.39 is 0 Å². The van der Waals surface area contributed by atoms with Crippen LogP contribution in [0.2, 0.25) is 0 Å². The lowest BCUT2D eigenvalue weighted by Crippen LogP contribution is -2.27. The molecule has 3 rings (SSSR count). The number of anilines is 2. The van der Waals surface area contributed by atoms with Crippen molar-refractivity contribution in [1.82, 2.24) is 14.5 Å². The molecule has 3 aromatic rings. The van der Waals surface area contributed by atoms with Crippen molar-refractivity contribution in [2.24, 2.45) is 0 Å². The van der Waals surface area contributed by atoms with Crippen molar-refractivity contribution in [2.75, 3.05) is 24.7 Å². The molecule has 1 aromatic carbocycles. The maximum atomic E-state index is 12.7. The second-order valence-electron chi connectivity index (χ2n) is 7.33. The van der Waals surface area contributed by atoms with Gasteiger partial charge in [-0.15, -0.1) is 11.3 Å². The Morgan fingerprint density at radius 2 is 1.93 bits per heavy atom. The third-order valence-electron chi connectivity index (χ3n) is 4.80. The maximum Gasteiger partial charge on any atom is 0.321 e. The minimum absolute atomic E-state index is 0.252. The fraction of sp³-hybridized carbons (Fsp3) is 0.318. The summed E-state index contributed by atoms with van der Waals surface area (Å²) in [5, 5.41) is 8.10. The van der Waals surface area contributed by atoms with Crippen LogP contribution in [0.25, 0.3) is 11.3 Å². The Kier molecular flexibility index (Phi) is 6.56. The molecule has 2 N–H and O–H groups in total. The first kappa shape index (κ1) is 21.6. The topological polar surface area (TPSA) is 79.3 Å². The summed E-state index contributed by atoms with van der Waals surface area (Å²) in [7, 11) is 3.32. The molecule has 0 fully saturated rings. The molecule has 0 bridgehead atoms. The lowest BCUT2D eigenvalue weighted by molar-refractivity contribution is 0.102. The Bertz CT molecular complexity index is 1070. The zero-order valence-electron chi connectivity index (χ0n) is 17.9. The lowest BCUT2D eigenvalue weighted by Gasteiger charge is -2.12. The van der Waals surface area contributed by atoms with Gasteiger partial charge in [0.2, 0.25) is 0 Å². The summed E-state index contributed by atoms with van der Waals surface area (Å²) in [6.45, 7) is 7.34. The first-order valence-corrected chi connectivity index (χ1v) is 10.7. The van der Waals surface area contributed by atoms with Crippen molar-refractivity contribution >= 4 is 34.1 Å². The molecule has 0 atom stereocenters. The van der Waals surface area contributed by atoms with Crippen LogP contribution in [-0.4, -0.2) is 40.5 Å². The van der Waals surface area contributed by atoms with E-state index in [0.717, 1.165) is 24.2 Å². The summed E-state index contributed by atoms with van der Waals surface area (Å²) in [5.74, 6) is -0.270. The average Bonchev–Trinajstić information content (AvgIpc) is 3.27. The first-order chi connectivity index (χ1) is 14.3. The maximum absolute atomic E-state index is 12.7. The average molecular weight is 426 g/mol. The van der Waals surface area contributed by atoms with Crippen molar-refractivity contribution in [3.63, 3.8) is 0 Å². The number of benzene rings is 1. The molecule has 3 amide bonds. The van der Waals surface area contributed by atoms with E-state index in [4.69, 9.17) is 0 Å². The predicted octanol–water partition coefficient (Wildman–Crippen LogP) is 4.98. The monoisotopic (exact) mass is 425 g/mol. The second-order valence-corrected chi connectivity index (χ2v) is 8.19. The van der Waals surface area contributed by atoms with Gasteiger partial charge in [-0.25, -0.2) is 9.78 Å². The molecule has 0 saturated heterocycles. The molecule has 158 valence electrons. The number of nitrogens with zero attached hydrogens (tertiary/aromatic N) is 3. The third-order valence-corrected chi connectivity index (χ3v) is 5.56. The highest BCUT2D eigenvalue weighted by Crippen LogP contribution is 2.30. The van der Waals surface area contributed by atoms with Crippen LogP contribution in [0, 0.1) is 13.8 Å². The van der Waals surface area contributed by atoms with Crippen molar-refractivity contribution < 1.29 is 9.59 Å². The van der Waals surface area contributed by atoms with Gasteiger partial charge in [0.05, 0.1) is 5.69 Å². The smallest absolute Gasteiger partial charge is 0.321 e. The number of urea groups is 1. The highest BCUT2D eigenvalue weighted by molar-refractivity contribution is 7.14. The number of amides is 3. The Morgan fingerprint density at radius 1 is 1.17 bits per heavy atom. The van der Waals surface area contributed by atoms with Gasteiger partial charge in [-0.05, 0) is 44.5 Å². The normalized spacial score (nSPS) is 10.7. The number of hydrogen-bond donors (Lipinski definition) is 2. The van der Waals surface area contributed by atoms with Crippen LogP contribution in [0.1, 0.15) is 35.1 Å². The quantitative estimate of drug-likeness (QED) is 0.584. The zero-order valence-corrected chi connectivity index (χ0v) is 18.8. The zero-order chi connectivity index (χ0) is 21.8. The molecule has 8 heteroatoms. The van der Waals surface area contributed by atoms with E-state index in [1.165, 1.54) is 27.6 Å². The summed E-state index contributed by atoms with van der Waals surface area (Å²) >= 11 is 1.39. The van der Waals surface area contributed by atoms with Crippen LogP contribution in [0.5, 0.6) is 0 Å². The number of hydrogen-bond acceptors (Lipinski definition) is 4. The van der Waals surface area contributed by atoms with Gasteiger partial charge in [-0.2, -0.15) is 0 Å². The molecule has 0 aliphatic heterocycles. The Hall–Kier alpha value is -3.13. The molecular formula is C22H27N5O2S. The summed E-state index contributed by atoms with van der Waals surface area (Å²) in [6.07, 6.45) is 1.07. The highest BCUT2D eigenvalue weighted by atomic mass is 32.1. The molecule has 0 radical (unpaired) electrons. The van der Waals surface area contributed by atoms with Gasteiger partial charge < -0.3 is 14.8 Å². The van der Waals surface area contributed by atoms with Crippen molar-refractivity contribution in [3.05, 3.63) is 52.7 Å². The largest absolute Gasteiger partial charge is 0.348 e. The van der Waals surface area contributed by atoms with Crippen molar-refractivity contribution in [1.29, 1.82) is 0 Å². The van der Waals surface area contributed by atoms with Crippen molar-refractivity contribution in [2.45, 2.75) is 33.7 Å². The minimum Gasteiger partial charge on any atom is -0.348 e. The summed E-state index contributed by atoms with van der Waals surface area (Å²) < 4.78 is 2.29. The summed E-state index contributed by atoms with van der Waals surface area (Å²) in [4.78, 5) is 30.5. The van der Waals surface area contributed by atoms with Gasteiger partial charge in [-0.1, -0.05) is 13.0 Å². The molecule has 0 aliphatic rings. The number of aromatic nitrogens is 2. The molecule has 0 saturated carbocycles. The van der Waals surface area contributed by atoms with E-state index in [1.807, 2.05) is 5.38 Å². The number of carbonyl (C=O) groups is 2. The minimum atomic E-state index is -0.270. The molecule has 0 unspecified atom stereocenters. The van der Waals surface area contributed by atoms with E-state index in [-0.39, 0.29) is 11.9 Å². The second kappa shape index (κ2) is 9.13. The highest BCUT2D eigenvalue weighted by Gasteiger charge is 2.15. The lowest BCUT2D eigenvalue weighted by atomic mass is 10.2. The molecule has 30 heavy (non-hydrogen) atoms. The van der Waals surface area contributed by atoms with Crippen molar-refractivity contribution in [3.8, 4) is 11.3 Å². The van der Waals surface area contributed by atoms with Gasteiger partial charge in [0, 0.05) is 54.2 Å². The van der Waals surface area contributed by atoms with Crippen LogP contribution in [0.4, 0.5) is 15.6 Å². The van der Waals surface area contributed by atoms with Gasteiger partial charge in [0.25, 0.3) is 5.91 Å². The first-order valence-electron chi connectivity index (χ1n) is 9.82. The number of rotatable bonds is 6. The summed E-state index contributed by atoms with van der Waals surface area (Å²) in [6, 6.07) is 8.71. The Balaban J connectivity index is 1.74. The molecule has 2 aromatic heterocycles. The number of thiazole rings is 1. The third kappa shape index (κ3) is 4.71. The van der Waals surface area contributed by atoms with Crippen LogP contribution in [0.15, 0.2) is 35.7 Å². The Labute approximate surface area is 180 Å². The van der Waals surface area contributed by atoms with Crippen LogP contribution in [-0.2, 0) is 6.54 Å². The fourth-order valence-electron chi connectivity index (χ4n) is 3.23. The molecular weight excluding hydrogens is 398 g/mol. The van der Waals surface area contributed by atoms with Crippen LogP contribution >= 0.6 is 11.3 Å². The van der Waals surface area contributed by atoms with E-state index in [1.54, 1.807) is 38.4 Å². The van der Waals surface area contributed by atoms with E-state index in [0.29, 0.717) is 16.4 Å². The number of nitrogens with one attached hydrogen (secondary N) is 2. The van der Waals surface area contributed by atoms with E-state index in [9.17, 15) is 9.59 Å². The standard InChI is InChI=1S/C22H27N5O2S/c1-6-10-27-14(2)11-18(15(27)3)19-13-30-21(24-19)25-20(28)16-8-7-9-17(12-16)23-22(29)26(4)5/h7-9,11-13H,6,10H2,1-5H3,(H,23,29)(H,24,25,28). The molecule has 0 spiro atoms. The molecule has 0 aliphatic carbocycles. The predicted molar refractivity (Wildman–Crippen MR) is 122 cm³/mol. The van der Waals surface area contributed by atoms with E-state index in [2.05, 4.69) is 47.0 Å². The number of aryl methyl sites for hydroxylation is 1. The van der Waals surface area contributed by atoms with Crippen LogP contribution in [0.3, 0.4) is 0 Å². The van der Waals surface area contributed by atoms with E-state index >= 15 is 0 Å². The summed E-state index contributed by atoms with van der Waals surface area (Å²) in [5.41, 5.74) is 5.35. The Morgan fingerprint density at radius 3 is 2.63 bits per heavy atom. The fourth-order valence-corrected chi connectivity index (χ4v) is 3.93. The SMILES string of the molecule is CCCn1c(C)cc(-c2csc(NC(=O)c3cccc(NC(=O)N(C)C)c3)n2)c1C. The molecule has 7 nitrogen and oxygen atoms in total. The number of carbonyl (C=O) groups excluding carboxylic acids is 2. The van der Waals surface area contributed by atoms with Gasteiger partial charge in [-0.3, -0.25) is 10.1 Å². The molecule has 2 heterocycles. The van der Waals surface area contributed by atoms with Gasteiger partial charge in [0.15, 0.2) is 5.13 Å². The van der Waals surface area contributed by atoms with Gasteiger partial charge in [0.1, 0.15) is 0 Å². The van der Waals surface area contributed by atoms with Crippen LogP contribution < -0.4 is 10.6 Å². The van der Waals surface area contributed by atoms with Gasteiger partial charge >= 0.3 is 6.03 Å².